The first-order valence-electron chi connectivity index (χ1n) is 5.84. The van der Waals surface area contributed by atoms with E-state index in [2.05, 4.69) is 17.1 Å². The van der Waals surface area contributed by atoms with Crippen molar-refractivity contribution in [1.29, 1.82) is 0 Å². The van der Waals surface area contributed by atoms with Gasteiger partial charge in [-0.05, 0) is 51.1 Å². The summed E-state index contributed by atoms with van der Waals surface area (Å²) >= 11 is 0. The molecule has 0 saturated carbocycles. The lowest BCUT2D eigenvalue weighted by molar-refractivity contribution is 0.203. The largest absolute Gasteiger partial charge is 0.303 e. The van der Waals surface area contributed by atoms with E-state index in [1.165, 1.54) is 58.2 Å². The Hall–Kier alpha value is -0.300. The van der Waals surface area contributed by atoms with Gasteiger partial charge in [-0.1, -0.05) is 18.6 Å². The first kappa shape index (κ1) is 9.26. The molecule has 1 nitrogen and oxygen atoms in total. The molecule has 0 spiro atoms. The van der Waals surface area contributed by atoms with Crippen molar-refractivity contribution in [3.05, 3.63) is 12.2 Å². The van der Waals surface area contributed by atoms with Crippen molar-refractivity contribution < 1.29 is 0 Å². The van der Waals surface area contributed by atoms with Gasteiger partial charge >= 0.3 is 0 Å². The molecule has 1 aliphatic carbocycles. The Balaban J connectivity index is 1.75. The Morgan fingerprint density at radius 2 is 1.92 bits per heavy atom. The van der Waals surface area contributed by atoms with Crippen molar-refractivity contribution in [3.63, 3.8) is 0 Å². The van der Waals surface area contributed by atoms with Crippen LogP contribution in [-0.4, -0.2) is 24.5 Å². The molecule has 1 saturated heterocycles. The quantitative estimate of drug-likeness (QED) is 0.589. The van der Waals surface area contributed by atoms with Gasteiger partial charge in [-0.2, -0.15) is 0 Å². The van der Waals surface area contributed by atoms with Crippen molar-refractivity contribution in [2.24, 2.45) is 5.92 Å². The highest BCUT2D eigenvalue weighted by Gasteiger charge is 2.15. The molecule has 1 atom stereocenters. The summed E-state index contributed by atoms with van der Waals surface area (Å²) in [6.45, 7) is 4.03. The van der Waals surface area contributed by atoms with E-state index < -0.39 is 0 Å². The van der Waals surface area contributed by atoms with Gasteiger partial charge in [-0.3, -0.25) is 0 Å². The second-order valence-electron chi connectivity index (χ2n) is 4.48. The minimum absolute atomic E-state index is 0.867. The topological polar surface area (TPSA) is 3.24 Å². The highest BCUT2D eigenvalue weighted by molar-refractivity contribution is 4.94. The summed E-state index contributed by atoms with van der Waals surface area (Å²) in [6, 6.07) is 0. The Morgan fingerprint density at radius 3 is 2.62 bits per heavy atom. The fourth-order valence-electron chi connectivity index (χ4n) is 2.51. The average molecular weight is 179 g/mol. The molecule has 0 bridgehead atoms. The molecule has 74 valence electrons. The monoisotopic (exact) mass is 179 g/mol. The number of rotatable bonds is 2. The third-order valence-corrected chi connectivity index (χ3v) is 3.30. The number of allylic oxidation sites excluding steroid dienone is 1. The smallest absolute Gasteiger partial charge is 0.00443 e. The molecule has 0 radical (unpaired) electrons. The molecule has 1 fully saturated rings. The van der Waals surface area contributed by atoms with Gasteiger partial charge in [0.1, 0.15) is 0 Å². The van der Waals surface area contributed by atoms with Crippen molar-refractivity contribution in [1.82, 2.24) is 4.90 Å². The molecule has 1 unspecified atom stereocenters. The maximum atomic E-state index is 2.66. The minimum Gasteiger partial charge on any atom is -0.303 e. The van der Waals surface area contributed by atoms with E-state index >= 15 is 0 Å². The highest BCUT2D eigenvalue weighted by Crippen LogP contribution is 2.19. The Kier molecular flexibility index (Phi) is 3.42. The zero-order chi connectivity index (χ0) is 8.93. The van der Waals surface area contributed by atoms with E-state index in [0.717, 1.165) is 5.92 Å². The van der Waals surface area contributed by atoms with Crippen LogP contribution in [0, 0.1) is 5.92 Å². The standard InChI is InChI=1S/C12H21N/c1-3-7-12(8-4-1)11-13-9-5-2-6-10-13/h3,7,12H,1-2,4-6,8-11H2. The summed E-state index contributed by atoms with van der Waals surface area (Å²) in [5, 5.41) is 0. The molecule has 0 aromatic rings. The lowest BCUT2D eigenvalue weighted by atomic mass is 9.95. The second kappa shape index (κ2) is 4.80. The van der Waals surface area contributed by atoms with E-state index in [4.69, 9.17) is 0 Å². The Morgan fingerprint density at radius 1 is 1.08 bits per heavy atom. The minimum atomic E-state index is 0.867. The summed E-state index contributed by atoms with van der Waals surface area (Å²) in [7, 11) is 0. The summed E-state index contributed by atoms with van der Waals surface area (Å²) in [5.74, 6) is 0.867. The van der Waals surface area contributed by atoms with Gasteiger partial charge in [-0.25, -0.2) is 0 Å². The molecule has 0 aromatic heterocycles. The maximum Gasteiger partial charge on any atom is 0.00443 e. The van der Waals surface area contributed by atoms with Crippen molar-refractivity contribution >= 4 is 0 Å². The Bertz CT molecular complexity index is 168. The van der Waals surface area contributed by atoms with Gasteiger partial charge < -0.3 is 4.90 Å². The van der Waals surface area contributed by atoms with Crippen LogP contribution in [0.3, 0.4) is 0 Å². The van der Waals surface area contributed by atoms with E-state index in [-0.39, 0.29) is 0 Å². The summed E-state index contributed by atoms with van der Waals surface area (Å²) in [6.07, 6.45) is 13.3. The molecule has 13 heavy (non-hydrogen) atoms. The van der Waals surface area contributed by atoms with Crippen LogP contribution in [0.1, 0.15) is 38.5 Å². The fraction of sp³-hybridized carbons (Fsp3) is 0.833. The van der Waals surface area contributed by atoms with Crippen molar-refractivity contribution in [2.45, 2.75) is 38.5 Å². The van der Waals surface area contributed by atoms with Gasteiger partial charge in [-0.15, -0.1) is 0 Å². The van der Waals surface area contributed by atoms with Gasteiger partial charge in [0.15, 0.2) is 0 Å². The number of hydrogen-bond donors (Lipinski definition) is 0. The van der Waals surface area contributed by atoms with Crippen LogP contribution in [0.5, 0.6) is 0 Å². The summed E-state index contributed by atoms with van der Waals surface area (Å²) in [5.41, 5.74) is 0. The predicted molar refractivity (Wildman–Crippen MR) is 56.8 cm³/mol. The molecule has 1 heterocycles. The van der Waals surface area contributed by atoms with Crippen LogP contribution in [0.15, 0.2) is 12.2 Å². The molecule has 2 aliphatic rings. The molecule has 1 heteroatoms. The van der Waals surface area contributed by atoms with Crippen molar-refractivity contribution in [2.75, 3.05) is 19.6 Å². The van der Waals surface area contributed by atoms with Crippen LogP contribution in [0.2, 0.25) is 0 Å². The predicted octanol–water partition coefficient (Wildman–Crippen LogP) is 2.83. The average Bonchev–Trinajstić information content (AvgIpc) is 2.21. The van der Waals surface area contributed by atoms with Crippen LogP contribution in [0.25, 0.3) is 0 Å². The molecule has 1 aliphatic heterocycles. The Labute approximate surface area is 81.8 Å². The van der Waals surface area contributed by atoms with Crippen LogP contribution in [-0.2, 0) is 0 Å². The SMILES string of the molecule is C1=CC(CN2CCCCC2)CCC1. The molecular weight excluding hydrogens is 158 g/mol. The van der Waals surface area contributed by atoms with Gasteiger partial charge in [0.25, 0.3) is 0 Å². The zero-order valence-corrected chi connectivity index (χ0v) is 8.54. The normalized spacial score (nSPS) is 30.6. The van der Waals surface area contributed by atoms with E-state index in [1.54, 1.807) is 0 Å². The summed E-state index contributed by atoms with van der Waals surface area (Å²) < 4.78 is 0. The molecule has 0 aromatic carbocycles. The van der Waals surface area contributed by atoms with E-state index in [9.17, 15) is 0 Å². The third-order valence-electron chi connectivity index (χ3n) is 3.30. The molecule has 2 rings (SSSR count). The fourth-order valence-corrected chi connectivity index (χ4v) is 2.51. The zero-order valence-electron chi connectivity index (χ0n) is 8.54. The van der Waals surface area contributed by atoms with Gasteiger partial charge in [0.05, 0.1) is 0 Å². The lowest BCUT2D eigenvalue weighted by Gasteiger charge is -2.30. The lowest BCUT2D eigenvalue weighted by Crippen LogP contribution is -2.34. The van der Waals surface area contributed by atoms with Crippen LogP contribution < -0.4 is 0 Å². The number of piperidine rings is 1. The third kappa shape index (κ3) is 2.84. The van der Waals surface area contributed by atoms with Gasteiger partial charge in [0, 0.05) is 6.54 Å². The highest BCUT2D eigenvalue weighted by atomic mass is 15.1. The first-order chi connectivity index (χ1) is 6.45. The van der Waals surface area contributed by atoms with Crippen molar-refractivity contribution in [3.8, 4) is 0 Å². The molecular formula is C12H21N. The molecule has 0 amide bonds. The summed E-state index contributed by atoms with van der Waals surface area (Å²) in [4.78, 5) is 2.66. The van der Waals surface area contributed by atoms with E-state index in [1.807, 2.05) is 0 Å². The first-order valence-corrected chi connectivity index (χ1v) is 5.84. The number of likely N-dealkylation sites (tertiary alicyclic amines) is 1. The molecule has 0 N–H and O–H groups in total. The maximum absolute atomic E-state index is 2.66. The van der Waals surface area contributed by atoms with Crippen LogP contribution in [0.4, 0.5) is 0 Å². The van der Waals surface area contributed by atoms with E-state index in [0.29, 0.717) is 0 Å². The van der Waals surface area contributed by atoms with Crippen LogP contribution >= 0.6 is 0 Å². The van der Waals surface area contributed by atoms with Gasteiger partial charge in [0.2, 0.25) is 0 Å². The second-order valence-corrected chi connectivity index (χ2v) is 4.48. The number of hydrogen-bond acceptors (Lipinski definition) is 1. The number of nitrogens with zero attached hydrogens (tertiary/aromatic N) is 1.